The normalized spacial score (nSPS) is 15.2. The zero-order chi connectivity index (χ0) is 22.9. The van der Waals surface area contributed by atoms with Crippen molar-refractivity contribution in [3.05, 3.63) is 102 Å². The van der Waals surface area contributed by atoms with Gasteiger partial charge < -0.3 is 14.8 Å². The fourth-order valence-corrected chi connectivity index (χ4v) is 4.66. The maximum Gasteiger partial charge on any atom is 0.318 e. The summed E-state index contributed by atoms with van der Waals surface area (Å²) >= 11 is 0. The summed E-state index contributed by atoms with van der Waals surface area (Å²) < 4.78 is 4.22. The molecule has 0 unspecified atom stereocenters. The van der Waals surface area contributed by atoms with Crippen LogP contribution in [0.15, 0.2) is 79.0 Å². The SMILES string of the molecule is CCc1nn(-c2ccccc2)c2c1CN(C(=O)NC(C)C)[C@@H](c1ccccc1)c1cccn1-2. The molecule has 1 aliphatic rings. The quantitative estimate of drug-likeness (QED) is 0.472. The molecule has 0 fully saturated rings. The van der Waals surface area contributed by atoms with E-state index in [9.17, 15) is 4.79 Å². The molecule has 1 aliphatic heterocycles. The maximum absolute atomic E-state index is 13.5. The Morgan fingerprint density at radius 1 is 1.03 bits per heavy atom. The van der Waals surface area contributed by atoms with Gasteiger partial charge in [0, 0.05) is 17.8 Å². The van der Waals surface area contributed by atoms with Crippen LogP contribution < -0.4 is 5.32 Å². The highest BCUT2D eigenvalue weighted by atomic mass is 16.2. The summed E-state index contributed by atoms with van der Waals surface area (Å²) in [5.41, 5.74) is 5.21. The third kappa shape index (κ3) is 3.71. The first-order valence-electron chi connectivity index (χ1n) is 11.5. The van der Waals surface area contributed by atoms with E-state index in [4.69, 9.17) is 5.10 Å². The second-order valence-corrected chi connectivity index (χ2v) is 8.70. The van der Waals surface area contributed by atoms with E-state index >= 15 is 0 Å². The van der Waals surface area contributed by atoms with Crippen LogP contribution in [0.4, 0.5) is 4.79 Å². The zero-order valence-corrected chi connectivity index (χ0v) is 19.3. The van der Waals surface area contributed by atoms with Crippen molar-refractivity contribution in [2.24, 2.45) is 0 Å². The summed E-state index contributed by atoms with van der Waals surface area (Å²) in [7, 11) is 0. The number of urea groups is 1. The predicted molar refractivity (Wildman–Crippen MR) is 130 cm³/mol. The van der Waals surface area contributed by atoms with Gasteiger partial charge in [-0.25, -0.2) is 9.48 Å². The van der Waals surface area contributed by atoms with E-state index in [0.717, 1.165) is 40.4 Å². The highest BCUT2D eigenvalue weighted by molar-refractivity contribution is 5.76. The zero-order valence-electron chi connectivity index (χ0n) is 19.3. The number of hydrogen-bond donors (Lipinski definition) is 1. The van der Waals surface area contributed by atoms with Crippen molar-refractivity contribution in [3.63, 3.8) is 0 Å². The van der Waals surface area contributed by atoms with Crippen LogP contribution in [-0.4, -0.2) is 31.3 Å². The standard InChI is InChI=1S/C27H29N5O/c1-4-23-22-18-31(27(33)28-19(2)3)25(20-12-7-5-8-13-20)24-16-11-17-30(24)26(22)32(29-23)21-14-9-6-10-15-21/h5-17,19,25H,4,18H2,1-3H3,(H,28,33)/t25-/m0/s1. The number of amides is 2. The molecule has 2 aromatic heterocycles. The molecule has 0 spiro atoms. The first-order chi connectivity index (χ1) is 16.1. The molecule has 4 aromatic rings. The number of nitrogens with one attached hydrogen (secondary N) is 1. The minimum atomic E-state index is -0.221. The molecule has 1 N–H and O–H groups in total. The van der Waals surface area contributed by atoms with Gasteiger partial charge in [0.2, 0.25) is 0 Å². The van der Waals surface area contributed by atoms with Gasteiger partial charge in [-0.05, 0) is 50.1 Å². The number of carbonyl (C=O) groups excluding carboxylic acids is 1. The first-order valence-corrected chi connectivity index (χ1v) is 11.5. The molecule has 6 nitrogen and oxygen atoms in total. The van der Waals surface area contributed by atoms with Gasteiger partial charge in [-0.3, -0.25) is 0 Å². The lowest BCUT2D eigenvalue weighted by Gasteiger charge is -2.31. The van der Waals surface area contributed by atoms with E-state index in [0.29, 0.717) is 6.54 Å². The molecule has 2 amide bonds. The average molecular weight is 440 g/mol. The van der Waals surface area contributed by atoms with Crippen LogP contribution in [0.3, 0.4) is 0 Å². The van der Waals surface area contributed by atoms with Crippen molar-refractivity contribution in [1.29, 1.82) is 0 Å². The Morgan fingerprint density at radius 2 is 1.73 bits per heavy atom. The maximum atomic E-state index is 13.5. The predicted octanol–water partition coefficient (Wildman–Crippen LogP) is 5.25. The number of para-hydroxylation sites is 1. The summed E-state index contributed by atoms with van der Waals surface area (Å²) in [6.07, 6.45) is 2.86. The lowest BCUT2D eigenvalue weighted by molar-refractivity contribution is 0.178. The van der Waals surface area contributed by atoms with Crippen LogP contribution in [-0.2, 0) is 13.0 Å². The number of fused-ring (bicyclic) bond motifs is 3. The van der Waals surface area contributed by atoms with Gasteiger partial charge in [0.05, 0.1) is 29.7 Å². The minimum Gasteiger partial charge on any atom is -0.336 e. The topological polar surface area (TPSA) is 55.1 Å². The van der Waals surface area contributed by atoms with Crippen LogP contribution in [0.5, 0.6) is 0 Å². The van der Waals surface area contributed by atoms with Crippen LogP contribution in [0.1, 0.15) is 49.3 Å². The van der Waals surface area contributed by atoms with Gasteiger partial charge in [0.15, 0.2) is 0 Å². The highest BCUT2D eigenvalue weighted by Gasteiger charge is 2.36. The fraction of sp³-hybridized carbons (Fsp3) is 0.259. The molecule has 6 heteroatoms. The molecule has 0 bridgehead atoms. The Labute approximate surface area is 194 Å². The highest BCUT2D eigenvalue weighted by Crippen LogP contribution is 2.38. The average Bonchev–Trinajstić information content (AvgIpc) is 3.41. The van der Waals surface area contributed by atoms with Crippen molar-refractivity contribution >= 4 is 6.03 Å². The van der Waals surface area contributed by atoms with Crippen molar-refractivity contribution in [2.45, 2.75) is 45.8 Å². The molecular formula is C27H29N5O. The molecule has 0 saturated carbocycles. The van der Waals surface area contributed by atoms with Crippen molar-refractivity contribution in [1.82, 2.24) is 24.6 Å². The second-order valence-electron chi connectivity index (χ2n) is 8.70. The van der Waals surface area contributed by atoms with Gasteiger partial charge in [0.1, 0.15) is 5.82 Å². The van der Waals surface area contributed by atoms with Gasteiger partial charge >= 0.3 is 6.03 Å². The van der Waals surface area contributed by atoms with E-state index < -0.39 is 0 Å². The number of aryl methyl sites for hydroxylation is 1. The van der Waals surface area contributed by atoms with E-state index in [1.54, 1.807) is 0 Å². The molecular weight excluding hydrogens is 410 g/mol. The summed E-state index contributed by atoms with van der Waals surface area (Å²) in [5, 5.41) is 8.11. The van der Waals surface area contributed by atoms with Crippen LogP contribution >= 0.6 is 0 Å². The lowest BCUT2D eigenvalue weighted by atomic mass is 10.0. The summed E-state index contributed by atoms with van der Waals surface area (Å²) in [5.74, 6) is 0.999. The molecule has 0 saturated heterocycles. The molecule has 0 aliphatic carbocycles. The fourth-order valence-electron chi connectivity index (χ4n) is 4.66. The molecule has 168 valence electrons. The number of carbonyl (C=O) groups is 1. The third-order valence-electron chi connectivity index (χ3n) is 6.09. The number of aromatic nitrogens is 3. The van der Waals surface area contributed by atoms with E-state index in [-0.39, 0.29) is 18.1 Å². The van der Waals surface area contributed by atoms with Gasteiger partial charge in [0.25, 0.3) is 0 Å². The number of rotatable bonds is 4. The van der Waals surface area contributed by atoms with Crippen LogP contribution in [0, 0.1) is 0 Å². The Morgan fingerprint density at radius 3 is 2.39 bits per heavy atom. The third-order valence-corrected chi connectivity index (χ3v) is 6.09. The smallest absolute Gasteiger partial charge is 0.318 e. The van der Waals surface area contributed by atoms with Gasteiger partial charge in [-0.2, -0.15) is 5.10 Å². The molecule has 2 aromatic carbocycles. The monoisotopic (exact) mass is 439 g/mol. The second kappa shape index (κ2) is 8.62. The molecule has 33 heavy (non-hydrogen) atoms. The van der Waals surface area contributed by atoms with Gasteiger partial charge in [-0.1, -0.05) is 55.5 Å². The molecule has 1 atom stereocenters. The Hall–Kier alpha value is -3.80. The first kappa shape index (κ1) is 21.1. The Kier molecular flexibility index (Phi) is 5.50. The number of hydrogen-bond acceptors (Lipinski definition) is 2. The minimum absolute atomic E-state index is 0.0427. The molecule has 0 radical (unpaired) electrons. The summed E-state index contributed by atoms with van der Waals surface area (Å²) in [6, 6.07) is 24.4. The largest absolute Gasteiger partial charge is 0.336 e. The van der Waals surface area contributed by atoms with Crippen molar-refractivity contribution < 1.29 is 4.79 Å². The summed E-state index contributed by atoms with van der Waals surface area (Å²) in [4.78, 5) is 15.5. The van der Waals surface area contributed by atoms with E-state index in [1.165, 1.54) is 0 Å². The van der Waals surface area contributed by atoms with E-state index in [1.807, 2.05) is 65.9 Å². The summed E-state index contributed by atoms with van der Waals surface area (Å²) in [6.45, 7) is 6.58. The lowest BCUT2D eigenvalue weighted by Crippen LogP contribution is -2.44. The Balaban J connectivity index is 1.76. The molecule has 5 rings (SSSR count). The van der Waals surface area contributed by atoms with Crippen LogP contribution in [0.2, 0.25) is 0 Å². The van der Waals surface area contributed by atoms with E-state index in [2.05, 4.69) is 53.3 Å². The number of nitrogens with zero attached hydrogens (tertiary/aromatic N) is 4. The Bertz CT molecular complexity index is 1260. The molecule has 3 heterocycles. The van der Waals surface area contributed by atoms with Crippen molar-refractivity contribution in [3.8, 4) is 11.5 Å². The van der Waals surface area contributed by atoms with Crippen LogP contribution in [0.25, 0.3) is 11.5 Å². The van der Waals surface area contributed by atoms with Crippen molar-refractivity contribution in [2.75, 3.05) is 0 Å². The van der Waals surface area contributed by atoms with Gasteiger partial charge in [-0.15, -0.1) is 0 Å². The number of benzene rings is 2.